The van der Waals surface area contributed by atoms with Crippen molar-refractivity contribution in [3.05, 3.63) is 11.1 Å². The molecule has 5 nitrogen and oxygen atoms in total. The van der Waals surface area contributed by atoms with E-state index in [0.717, 1.165) is 12.8 Å². The molecule has 0 aromatic carbocycles. The third-order valence-electron chi connectivity index (χ3n) is 2.25. The van der Waals surface area contributed by atoms with Crippen LogP contribution < -0.4 is 5.73 Å². The first-order valence-electron chi connectivity index (χ1n) is 4.70. The van der Waals surface area contributed by atoms with E-state index in [9.17, 15) is 4.79 Å². The maximum atomic E-state index is 10.7. The number of aldehydes is 1. The van der Waals surface area contributed by atoms with Crippen LogP contribution in [0, 0.1) is 0 Å². The second-order valence-corrected chi connectivity index (χ2v) is 4.21. The van der Waals surface area contributed by atoms with Crippen molar-refractivity contribution in [3.8, 4) is 0 Å². The monoisotopic (exact) mass is 225 g/mol. The number of nitrogens with zero attached hydrogens (tertiary/aromatic N) is 2. The van der Waals surface area contributed by atoms with Gasteiger partial charge in [-0.2, -0.15) is 0 Å². The van der Waals surface area contributed by atoms with Gasteiger partial charge in [0.05, 0.1) is 0 Å². The molecule has 1 aromatic heterocycles. The first kappa shape index (κ1) is 10.1. The van der Waals surface area contributed by atoms with Crippen LogP contribution >= 0.6 is 11.3 Å². The summed E-state index contributed by atoms with van der Waals surface area (Å²) in [6.45, 7) is 0. The van der Waals surface area contributed by atoms with Crippen LogP contribution in [0.15, 0.2) is 10.5 Å². The van der Waals surface area contributed by atoms with Crippen LogP contribution in [0.5, 0.6) is 0 Å². The number of nitrogen functional groups attached to an aromatic ring is 1. The molecule has 0 aliphatic heterocycles. The molecule has 0 saturated heterocycles. The third kappa shape index (κ3) is 2.33. The second kappa shape index (κ2) is 4.39. The quantitative estimate of drug-likeness (QED) is 0.474. The van der Waals surface area contributed by atoms with Crippen molar-refractivity contribution in [2.24, 2.45) is 5.16 Å². The lowest BCUT2D eigenvalue weighted by Crippen LogP contribution is -2.20. The van der Waals surface area contributed by atoms with Gasteiger partial charge in [-0.3, -0.25) is 4.79 Å². The molecule has 0 amide bonds. The normalized spacial score (nSPS) is 17.2. The van der Waals surface area contributed by atoms with Gasteiger partial charge in [0.2, 0.25) is 0 Å². The van der Waals surface area contributed by atoms with Crippen LogP contribution in [0.3, 0.4) is 0 Å². The molecule has 0 radical (unpaired) electrons. The molecule has 1 saturated carbocycles. The Morgan fingerprint density at radius 2 is 2.53 bits per heavy atom. The minimum Gasteiger partial charge on any atom is -0.392 e. The average Bonchev–Trinajstić information content (AvgIpc) is 2.56. The summed E-state index contributed by atoms with van der Waals surface area (Å²) in [5.74, 6) is 0. The summed E-state index contributed by atoms with van der Waals surface area (Å²) in [5, 5.41) is 5.89. The molecule has 2 N–H and O–H groups in total. The van der Waals surface area contributed by atoms with Crippen molar-refractivity contribution in [1.82, 2.24) is 4.98 Å². The average molecular weight is 225 g/mol. The number of carbonyl (C=O) groups is 1. The van der Waals surface area contributed by atoms with Crippen LogP contribution in [0.2, 0.25) is 0 Å². The molecule has 0 bridgehead atoms. The highest BCUT2D eigenvalue weighted by Gasteiger charge is 2.19. The highest BCUT2D eigenvalue weighted by atomic mass is 32.1. The summed E-state index contributed by atoms with van der Waals surface area (Å²) in [6, 6.07) is 0. The number of thiazole rings is 1. The predicted octanol–water partition coefficient (Wildman–Crippen LogP) is 1.20. The molecule has 1 aliphatic carbocycles. The van der Waals surface area contributed by atoms with Gasteiger partial charge in [0.1, 0.15) is 11.8 Å². The lowest BCUT2D eigenvalue weighted by Gasteiger charge is -2.22. The molecule has 80 valence electrons. The SMILES string of the molecule is Nc1nc(/C(C=O)=N/OC2CCC2)cs1. The maximum Gasteiger partial charge on any atom is 0.180 e. The lowest BCUT2D eigenvalue weighted by atomic mass is 9.97. The van der Waals surface area contributed by atoms with Gasteiger partial charge in [-0.15, -0.1) is 11.3 Å². The fourth-order valence-corrected chi connectivity index (χ4v) is 1.70. The van der Waals surface area contributed by atoms with Crippen molar-refractivity contribution >= 4 is 28.5 Å². The Labute approximate surface area is 90.9 Å². The number of hydrogen-bond donors (Lipinski definition) is 1. The molecule has 2 rings (SSSR count). The van der Waals surface area contributed by atoms with Crippen LogP contribution in [0.4, 0.5) is 5.13 Å². The highest BCUT2D eigenvalue weighted by Crippen LogP contribution is 2.22. The molecular weight excluding hydrogens is 214 g/mol. The Morgan fingerprint density at radius 3 is 3.00 bits per heavy atom. The van der Waals surface area contributed by atoms with Crippen molar-refractivity contribution in [2.75, 3.05) is 5.73 Å². The van der Waals surface area contributed by atoms with Gasteiger partial charge in [-0.05, 0) is 19.3 Å². The van der Waals surface area contributed by atoms with E-state index in [2.05, 4.69) is 10.1 Å². The number of nitrogens with two attached hydrogens (primary N) is 1. The minimum absolute atomic E-state index is 0.163. The smallest absolute Gasteiger partial charge is 0.180 e. The number of carbonyl (C=O) groups excluding carboxylic acids is 1. The van der Waals surface area contributed by atoms with Gasteiger partial charge < -0.3 is 10.6 Å². The highest BCUT2D eigenvalue weighted by molar-refractivity contribution is 7.13. The molecule has 1 heterocycles. The molecule has 1 aliphatic rings. The first-order chi connectivity index (χ1) is 7.29. The summed E-state index contributed by atoms with van der Waals surface area (Å²) in [7, 11) is 0. The summed E-state index contributed by atoms with van der Waals surface area (Å²) < 4.78 is 0. The van der Waals surface area contributed by atoms with E-state index in [4.69, 9.17) is 10.6 Å². The summed E-state index contributed by atoms with van der Waals surface area (Å²) in [6.07, 6.45) is 3.98. The summed E-state index contributed by atoms with van der Waals surface area (Å²) in [4.78, 5) is 19.9. The Hall–Kier alpha value is -1.43. The van der Waals surface area contributed by atoms with Crippen LogP contribution in [0.25, 0.3) is 0 Å². The van der Waals surface area contributed by atoms with E-state index in [1.807, 2.05) is 0 Å². The van der Waals surface area contributed by atoms with E-state index in [-0.39, 0.29) is 11.8 Å². The Morgan fingerprint density at radius 1 is 1.73 bits per heavy atom. The molecule has 0 spiro atoms. The topological polar surface area (TPSA) is 77.6 Å². The van der Waals surface area contributed by atoms with Gasteiger partial charge in [-0.25, -0.2) is 4.98 Å². The molecule has 15 heavy (non-hydrogen) atoms. The summed E-state index contributed by atoms with van der Waals surface area (Å²) >= 11 is 1.27. The van der Waals surface area contributed by atoms with E-state index in [0.29, 0.717) is 17.1 Å². The van der Waals surface area contributed by atoms with Crippen molar-refractivity contribution < 1.29 is 9.63 Å². The number of rotatable bonds is 4. The van der Waals surface area contributed by atoms with E-state index in [1.165, 1.54) is 17.8 Å². The van der Waals surface area contributed by atoms with Gasteiger partial charge in [0, 0.05) is 5.38 Å². The third-order valence-corrected chi connectivity index (χ3v) is 2.92. The van der Waals surface area contributed by atoms with Gasteiger partial charge in [0.15, 0.2) is 17.1 Å². The number of oxime groups is 1. The van der Waals surface area contributed by atoms with Crippen LogP contribution in [0.1, 0.15) is 25.0 Å². The molecule has 1 fully saturated rings. The zero-order chi connectivity index (χ0) is 10.7. The first-order valence-corrected chi connectivity index (χ1v) is 5.58. The molecule has 0 unspecified atom stereocenters. The van der Waals surface area contributed by atoms with Crippen LogP contribution in [-0.2, 0) is 9.63 Å². The largest absolute Gasteiger partial charge is 0.392 e. The number of anilines is 1. The zero-order valence-electron chi connectivity index (χ0n) is 8.05. The number of aromatic nitrogens is 1. The molecular formula is C9H11N3O2S. The Bertz CT molecular complexity index is 384. The molecule has 1 aromatic rings. The fraction of sp³-hybridized carbons (Fsp3) is 0.444. The summed E-state index contributed by atoms with van der Waals surface area (Å²) in [5.41, 5.74) is 6.14. The van der Waals surface area contributed by atoms with E-state index < -0.39 is 0 Å². The van der Waals surface area contributed by atoms with Crippen molar-refractivity contribution in [3.63, 3.8) is 0 Å². The lowest BCUT2D eigenvalue weighted by molar-refractivity contribution is -0.103. The van der Waals surface area contributed by atoms with Gasteiger partial charge in [0.25, 0.3) is 0 Å². The Balaban J connectivity index is 2.05. The molecule has 6 heteroatoms. The van der Waals surface area contributed by atoms with E-state index in [1.54, 1.807) is 5.38 Å². The van der Waals surface area contributed by atoms with Gasteiger partial charge in [-0.1, -0.05) is 5.16 Å². The maximum absolute atomic E-state index is 10.7. The molecule has 0 atom stereocenters. The number of hydrogen-bond acceptors (Lipinski definition) is 6. The van der Waals surface area contributed by atoms with Crippen molar-refractivity contribution in [2.45, 2.75) is 25.4 Å². The predicted molar refractivity (Wildman–Crippen MR) is 57.9 cm³/mol. The zero-order valence-corrected chi connectivity index (χ0v) is 8.87. The van der Waals surface area contributed by atoms with Gasteiger partial charge >= 0.3 is 0 Å². The van der Waals surface area contributed by atoms with Crippen molar-refractivity contribution in [1.29, 1.82) is 0 Å². The fourth-order valence-electron chi connectivity index (χ4n) is 1.14. The minimum atomic E-state index is 0.163. The van der Waals surface area contributed by atoms with E-state index >= 15 is 0 Å². The second-order valence-electron chi connectivity index (χ2n) is 3.32. The van der Waals surface area contributed by atoms with Crippen LogP contribution in [-0.4, -0.2) is 23.1 Å². The Kier molecular flexibility index (Phi) is 2.96. The standard InChI is InChI=1S/C9H11N3O2S/c10-9-11-8(5-15-9)7(4-13)12-14-6-2-1-3-6/h4-6H,1-3H2,(H2,10,11)/b12-7+.